The molecule has 3 unspecified atom stereocenters. The average molecular weight is 706 g/mol. The lowest BCUT2D eigenvalue weighted by atomic mass is 10.0. The third-order valence-corrected chi connectivity index (χ3v) is 10.2. The van der Waals surface area contributed by atoms with Gasteiger partial charge in [-0.15, -0.1) is 0 Å². The van der Waals surface area contributed by atoms with Crippen LogP contribution < -0.4 is 5.32 Å². The fourth-order valence-electron chi connectivity index (χ4n) is 6.83. The van der Waals surface area contributed by atoms with Gasteiger partial charge in [-0.3, -0.25) is 4.79 Å². The molecule has 0 fully saturated rings. The second-order valence-electron chi connectivity index (χ2n) is 15.3. The van der Waals surface area contributed by atoms with Gasteiger partial charge < -0.3 is 20.6 Å². The summed E-state index contributed by atoms with van der Waals surface area (Å²) in [5.41, 5.74) is 0. The molecule has 0 aliphatic rings. The van der Waals surface area contributed by atoms with E-state index in [1.54, 1.807) is 6.08 Å². The standard InChI is InChI=1S/C45H87NO4/c1-3-5-7-9-11-13-15-17-19-20-21-22-23-24-25-27-29-31-33-35-37-39-44(49)43(41-47)46-45(50)40-42(48)38-36-34-32-30-28-26-18-16-14-12-10-8-6-4-2/h29,31,37,39,42-44,47-49H,3-28,30,32-36,38,40-41H2,1-2H3,(H,46,50)/b31-29+,39-37+. The van der Waals surface area contributed by atoms with Gasteiger partial charge in [-0.05, 0) is 32.1 Å². The lowest BCUT2D eigenvalue weighted by molar-refractivity contribution is -0.124. The Balaban J connectivity index is 3.69. The van der Waals surface area contributed by atoms with Gasteiger partial charge in [-0.2, -0.15) is 0 Å². The van der Waals surface area contributed by atoms with Crippen molar-refractivity contribution in [3.05, 3.63) is 24.3 Å². The first-order chi connectivity index (χ1) is 24.5. The molecule has 0 bridgehead atoms. The zero-order chi connectivity index (χ0) is 36.6. The molecule has 3 atom stereocenters. The molecule has 0 spiro atoms. The Bertz CT molecular complexity index is 739. The number of carbonyl (C=O) groups excluding carboxylic acids is 1. The molecule has 0 saturated heterocycles. The van der Waals surface area contributed by atoms with Crippen molar-refractivity contribution in [1.82, 2.24) is 5.32 Å². The third-order valence-electron chi connectivity index (χ3n) is 10.2. The van der Waals surface area contributed by atoms with E-state index >= 15 is 0 Å². The number of hydrogen-bond donors (Lipinski definition) is 4. The Hall–Kier alpha value is -1.17. The van der Waals surface area contributed by atoms with Crippen LogP contribution in [0.5, 0.6) is 0 Å². The van der Waals surface area contributed by atoms with Crippen LogP contribution in [0.25, 0.3) is 0 Å². The molecule has 1 amide bonds. The minimum absolute atomic E-state index is 0.00945. The largest absolute Gasteiger partial charge is 0.394 e. The van der Waals surface area contributed by atoms with Crippen LogP contribution in [0.3, 0.4) is 0 Å². The molecule has 0 aliphatic heterocycles. The average Bonchev–Trinajstić information content (AvgIpc) is 3.11. The maximum Gasteiger partial charge on any atom is 0.222 e. The molecule has 0 aromatic carbocycles. The number of aliphatic hydroxyl groups excluding tert-OH is 3. The first-order valence-electron chi connectivity index (χ1n) is 22.1. The van der Waals surface area contributed by atoms with Gasteiger partial charge >= 0.3 is 0 Å². The second-order valence-corrected chi connectivity index (χ2v) is 15.3. The van der Waals surface area contributed by atoms with Crippen LogP contribution in [0.1, 0.15) is 232 Å². The molecule has 0 heterocycles. The highest BCUT2D eigenvalue weighted by Crippen LogP contribution is 2.16. The number of allylic oxidation sites excluding steroid dienone is 3. The van der Waals surface area contributed by atoms with Crippen molar-refractivity contribution < 1.29 is 20.1 Å². The summed E-state index contributed by atoms with van der Waals surface area (Å²) in [6.07, 6.45) is 48.9. The number of unbranched alkanes of at least 4 members (excludes halogenated alkanes) is 29. The predicted molar refractivity (Wildman–Crippen MR) is 218 cm³/mol. The van der Waals surface area contributed by atoms with E-state index in [9.17, 15) is 20.1 Å². The van der Waals surface area contributed by atoms with Gasteiger partial charge in [-0.1, -0.05) is 218 Å². The third kappa shape index (κ3) is 36.6. The van der Waals surface area contributed by atoms with E-state index in [4.69, 9.17) is 0 Å². The first-order valence-corrected chi connectivity index (χ1v) is 22.1. The van der Waals surface area contributed by atoms with E-state index in [0.717, 1.165) is 32.1 Å². The van der Waals surface area contributed by atoms with Crippen molar-refractivity contribution in [3.63, 3.8) is 0 Å². The fourth-order valence-corrected chi connectivity index (χ4v) is 6.83. The molecule has 0 aromatic heterocycles. The number of rotatable bonds is 40. The molecular weight excluding hydrogens is 618 g/mol. The fraction of sp³-hybridized carbons (Fsp3) is 0.889. The van der Waals surface area contributed by atoms with Crippen molar-refractivity contribution in [2.75, 3.05) is 6.61 Å². The Morgan fingerprint density at radius 2 is 0.860 bits per heavy atom. The SMILES string of the molecule is CCCCCCCCCCCCCCCCC/C=C/CC/C=C/C(O)C(CO)NC(=O)CC(O)CCCCCCCCCCCCCCCC. The smallest absolute Gasteiger partial charge is 0.222 e. The zero-order valence-electron chi connectivity index (χ0n) is 33.5. The van der Waals surface area contributed by atoms with E-state index in [1.807, 2.05) is 6.08 Å². The molecule has 4 N–H and O–H groups in total. The van der Waals surface area contributed by atoms with Crippen LogP contribution in [0.4, 0.5) is 0 Å². The van der Waals surface area contributed by atoms with E-state index in [-0.39, 0.29) is 18.9 Å². The predicted octanol–water partition coefficient (Wildman–Crippen LogP) is 12.6. The molecule has 50 heavy (non-hydrogen) atoms. The molecule has 5 nitrogen and oxygen atoms in total. The quantitative estimate of drug-likeness (QED) is 0.0377. The van der Waals surface area contributed by atoms with Crippen molar-refractivity contribution in [3.8, 4) is 0 Å². The lowest BCUT2D eigenvalue weighted by Gasteiger charge is -2.21. The Labute approximate surface area is 312 Å². The Morgan fingerprint density at radius 3 is 1.28 bits per heavy atom. The Kier molecular flexibility index (Phi) is 39.6. The second kappa shape index (κ2) is 40.6. The van der Waals surface area contributed by atoms with Gasteiger partial charge in [0.05, 0.1) is 31.3 Å². The van der Waals surface area contributed by atoms with Gasteiger partial charge in [0.15, 0.2) is 0 Å². The number of hydrogen-bond acceptors (Lipinski definition) is 4. The van der Waals surface area contributed by atoms with Crippen molar-refractivity contribution in [2.24, 2.45) is 0 Å². The van der Waals surface area contributed by atoms with Crippen LogP contribution in [0.2, 0.25) is 0 Å². The summed E-state index contributed by atoms with van der Waals surface area (Å²) in [5.74, 6) is -0.323. The minimum atomic E-state index is -0.948. The molecule has 5 heteroatoms. The highest BCUT2D eigenvalue weighted by Gasteiger charge is 2.20. The molecule has 0 aliphatic carbocycles. The van der Waals surface area contributed by atoms with E-state index in [1.165, 1.54) is 173 Å². The zero-order valence-corrected chi connectivity index (χ0v) is 33.5. The number of carbonyl (C=O) groups is 1. The summed E-state index contributed by atoms with van der Waals surface area (Å²) in [6, 6.07) is -0.757. The maximum absolute atomic E-state index is 12.4. The Morgan fingerprint density at radius 1 is 0.500 bits per heavy atom. The summed E-state index contributed by atoms with van der Waals surface area (Å²) in [5, 5.41) is 33.2. The monoisotopic (exact) mass is 706 g/mol. The minimum Gasteiger partial charge on any atom is -0.394 e. The molecule has 0 radical (unpaired) electrons. The summed E-state index contributed by atoms with van der Waals surface area (Å²) < 4.78 is 0. The number of aliphatic hydroxyl groups is 3. The first kappa shape index (κ1) is 48.8. The van der Waals surface area contributed by atoms with Gasteiger partial charge in [0.1, 0.15) is 0 Å². The highest BCUT2D eigenvalue weighted by atomic mass is 16.3. The lowest BCUT2D eigenvalue weighted by Crippen LogP contribution is -2.45. The van der Waals surface area contributed by atoms with Crippen LogP contribution in [-0.2, 0) is 4.79 Å². The van der Waals surface area contributed by atoms with Crippen LogP contribution in [0, 0.1) is 0 Å². The van der Waals surface area contributed by atoms with E-state index < -0.39 is 18.2 Å². The summed E-state index contributed by atoms with van der Waals surface area (Å²) in [7, 11) is 0. The summed E-state index contributed by atoms with van der Waals surface area (Å²) in [6.45, 7) is 4.21. The van der Waals surface area contributed by atoms with Crippen molar-refractivity contribution in [2.45, 2.75) is 250 Å². The van der Waals surface area contributed by atoms with Gasteiger partial charge in [0.25, 0.3) is 0 Å². The van der Waals surface area contributed by atoms with Gasteiger partial charge in [-0.25, -0.2) is 0 Å². The topological polar surface area (TPSA) is 89.8 Å². The van der Waals surface area contributed by atoms with Crippen LogP contribution >= 0.6 is 0 Å². The summed E-state index contributed by atoms with van der Waals surface area (Å²) in [4.78, 5) is 12.4. The van der Waals surface area contributed by atoms with Gasteiger partial charge in [0.2, 0.25) is 5.91 Å². The highest BCUT2D eigenvalue weighted by molar-refractivity contribution is 5.76. The maximum atomic E-state index is 12.4. The van der Waals surface area contributed by atoms with E-state index in [0.29, 0.717) is 6.42 Å². The van der Waals surface area contributed by atoms with Crippen LogP contribution in [-0.4, -0.2) is 46.1 Å². The van der Waals surface area contributed by atoms with Crippen molar-refractivity contribution in [1.29, 1.82) is 0 Å². The number of amides is 1. The molecular formula is C45H87NO4. The molecule has 296 valence electrons. The molecule has 0 aromatic rings. The summed E-state index contributed by atoms with van der Waals surface area (Å²) >= 11 is 0. The normalized spacial score (nSPS) is 13.8. The van der Waals surface area contributed by atoms with Crippen LogP contribution in [0.15, 0.2) is 24.3 Å². The molecule has 0 rings (SSSR count). The van der Waals surface area contributed by atoms with E-state index in [2.05, 4.69) is 31.3 Å². The molecule has 0 saturated carbocycles. The van der Waals surface area contributed by atoms with Crippen molar-refractivity contribution >= 4 is 5.91 Å². The van der Waals surface area contributed by atoms with Gasteiger partial charge in [0, 0.05) is 0 Å². The number of nitrogens with one attached hydrogen (secondary N) is 1.